The number of halogens is 2. The quantitative estimate of drug-likeness (QED) is 0.640. The van der Waals surface area contributed by atoms with Crippen LogP contribution in [0, 0.1) is 5.82 Å². The van der Waals surface area contributed by atoms with Crippen molar-refractivity contribution in [2.45, 2.75) is 17.9 Å². The van der Waals surface area contributed by atoms with Gasteiger partial charge in [-0.3, -0.25) is 4.79 Å². The molecule has 1 aliphatic rings. The molecule has 0 unspecified atom stereocenters. The Balaban J connectivity index is 2.00. The predicted molar refractivity (Wildman–Crippen MR) is 110 cm³/mol. The zero-order valence-corrected chi connectivity index (χ0v) is 18.6. The largest absolute Gasteiger partial charge is 0.493 e. The minimum absolute atomic E-state index is 0.000765. The molecule has 3 rings (SSSR count). The summed E-state index contributed by atoms with van der Waals surface area (Å²) in [7, 11) is 1.80. The first kappa shape index (κ1) is 22.3. The van der Waals surface area contributed by atoms with E-state index in [0.717, 1.165) is 9.87 Å². The zero-order valence-electron chi connectivity index (χ0n) is 17.0. The van der Waals surface area contributed by atoms with E-state index in [9.17, 15) is 17.6 Å². The van der Waals surface area contributed by atoms with Crippen LogP contribution in [0.25, 0.3) is 0 Å². The molecule has 0 radical (unpaired) electrons. The van der Waals surface area contributed by atoms with Crippen molar-refractivity contribution in [2.24, 2.45) is 0 Å². The lowest BCUT2D eigenvalue weighted by atomic mass is 10.1. The number of rotatable bonds is 7. The maximum Gasteiger partial charge on any atom is 0.258 e. The number of carbonyl (C=O) groups is 1. The summed E-state index contributed by atoms with van der Waals surface area (Å²) >= 11 is 5.83. The summed E-state index contributed by atoms with van der Waals surface area (Å²) < 4.78 is 50.9. The summed E-state index contributed by atoms with van der Waals surface area (Å²) in [6.07, 6.45) is 0.426. The van der Waals surface area contributed by atoms with Crippen molar-refractivity contribution in [3.8, 4) is 11.5 Å². The van der Waals surface area contributed by atoms with E-state index in [-0.39, 0.29) is 39.4 Å². The molecule has 0 bridgehead atoms. The summed E-state index contributed by atoms with van der Waals surface area (Å²) in [5, 5.41) is 0.00861. The van der Waals surface area contributed by atoms with Gasteiger partial charge in [-0.15, -0.1) is 0 Å². The van der Waals surface area contributed by atoms with Crippen molar-refractivity contribution in [3.63, 3.8) is 0 Å². The Kier molecular flexibility index (Phi) is 6.26. The van der Waals surface area contributed by atoms with E-state index < -0.39 is 15.8 Å². The highest BCUT2D eigenvalue weighted by Gasteiger charge is 2.38. The Morgan fingerprint density at radius 1 is 1.20 bits per heavy atom. The van der Waals surface area contributed by atoms with Gasteiger partial charge in [0.1, 0.15) is 5.82 Å². The molecule has 1 heterocycles. The SMILES string of the molecule is COc1cc(S(=O)(=O)N(C)C)c2c(c1OC)C(=O)N(CCc1ccc(F)c(Cl)c1)C2. The van der Waals surface area contributed by atoms with Crippen molar-refractivity contribution in [3.05, 3.63) is 51.8 Å². The van der Waals surface area contributed by atoms with Crippen LogP contribution in [0.15, 0.2) is 29.2 Å². The van der Waals surface area contributed by atoms with Gasteiger partial charge in [-0.2, -0.15) is 0 Å². The summed E-state index contributed by atoms with van der Waals surface area (Å²) in [5.41, 5.74) is 1.30. The van der Waals surface area contributed by atoms with Crippen molar-refractivity contribution in [1.29, 1.82) is 0 Å². The van der Waals surface area contributed by atoms with Gasteiger partial charge in [-0.1, -0.05) is 17.7 Å². The number of carbonyl (C=O) groups excluding carboxylic acids is 1. The second kappa shape index (κ2) is 8.41. The third kappa shape index (κ3) is 3.84. The molecular weight excluding hydrogens is 435 g/mol. The van der Waals surface area contributed by atoms with E-state index in [1.807, 2.05) is 0 Å². The minimum Gasteiger partial charge on any atom is -0.493 e. The average molecular weight is 457 g/mol. The highest BCUT2D eigenvalue weighted by Crippen LogP contribution is 2.42. The Morgan fingerprint density at radius 3 is 2.47 bits per heavy atom. The Labute approximate surface area is 180 Å². The lowest BCUT2D eigenvalue weighted by Gasteiger charge is -2.17. The first-order valence-electron chi connectivity index (χ1n) is 9.05. The monoisotopic (exact) mass is 456 g/mol. The standard InChI is InChI=1S/C20H22ClFN2O5S/c1-23(2)30(26,27)17-10-16(28-3)19(29-4)18-13(17)11-24(20(18)25)8-7-12-5-6-15(22)14(21)9-12/h5-6,9-10H,7-8,11H2,1-4H3. The normalized spacial score (nSPS) is 13.7. The van der Waals surface area contributed by atoms with Crippen LogP contribution in [-0.4, -0.2) is 58.4 Å². The van der Waals surface area contributed by atoms with E-state index in [1.165, 1.54) is 51.4 Å². The molecule has 0 saturated carbocycles. The van der Waals surface area contributed by atoms with Gasteiger partial charge in [0.15, 0.2) is 11.5 Å². The molecule has 1 amide bonds. The second-order valence-corrected chi connectivity index (χ2v) is 9.50. The number of nitrogens with zero attached hydrogens (tertiary/aromatic N) is 2. The molecule has 30 heavy (non-hydrogen) atoms. The van der Waals surface area contributed by atoms with Gasteiger partial charge in [-0.25, -0.2) is 17.1 Å². The minimum atomic E-state index is -3.82. The molecular formula is C20H22ClFN2O5S. The van der Waals surface area contributed by atoms with Crippen LogP contribution in [0.1, 0.15) is 21.5 Å². The molecule has 2 aromatic rings. The molecule has 0 aliphatic carbocycles. The van der Waals surface area contributed by atoms with Gasteiger partial charge in [0.25, 0.3) is 5.91 Å². The first-order valence-corrected chi connectivity index (χ1v) is 10.9. The third-order valence-electron chi connectivity index (χ3n) is 5.00. The van der Waals surface area contributed by atoms with Gasteiger partial charge in [-0.05, 0) is 24.1 Å². The fourth-order valence-electron chi connectivity index (χ4n) is 3.38. The van der Waals surface area contributed by atoms with Crippen LogP contribution < -0.4 is 9.47 Å². The predicted octanol–water partition coefficient (Wildman–Crippen LogP) is 2.95. The molecule has 10 heteroatoms. The number of amides is 1. The van der Waals surface area contributed by atoms with Gasteiger partial charge >= 0.3 is 0 Å². The van der Waals surface area contributed by atoms with Crippen LogP contribution in [0.5, 0.6) is 11.5 Å². The van der Waals surface area contributed by atoms with Crippen LogP contribution in [0.2, 0.25) is 5.02 Å². The Morgan fingerprint density at radius 2 is 1.90 bits per heavy atom. The van der Waals surface area contributed by atoms with Crippen LogP contribution in [0.4, 0.5) is 4.39 Å². The summed E-state index contributed by atoms with van der Waals surface area (Å²) in [6.45, 7) is 0.397. The molecule has 0 saturated heterocycles. The molecule has 2 aromatic carbocycles. The maximum atomic E-state index is 13.4. The van der Waals surface area contributed by atoms with Crippen molar-refractivity contribution in [2.75, 3.05) is 34.9 Å². The third-order valence-corrected chi connectivity index (χ3v) is 7.17. The molecule has 7 nitrogen and oxygen atoms in total. The van der Waals surface area contributed by atoms with Gasteiger partial charge in [0.05, 0.1) is 29.7 Å². The van der Waals surface area contributed by atoms with Crippen molar-refractivity contribution >= 4 is 27.5 Å². The molecule has 0 spiro atoms. The fourth-order valence-corrected chi connectivity index (χ4v) is 4.71. The van der Waals surface area contributed by atoms with Crippen molar-refractivity contribution < 1.29 is 27.1 Å². The highest BCUT2D eigenvalue weighted by atomic mass is 35.5. The van der Waals surface area contributed by atoms with E-state index >= 15 is 0 Å². The van der Waals surface area contributed by atoms with E-state index in [4.69, 9.17) is 21.1 Å². The maximum absolute atomic E-state index is 13.4. The summed E-state index contributed by atoms with van der Waals surface area (Å²) in [6, 6.07) is 5.76. The number of sulfonamides is 1. The average Bonchev–Trinajstić information content (AvgIpc) is 3.03. The van der Waals surface area contributed by atoms with E-state index in [0.29, 0.717) is 18.5 Å². The Bertz CT molecular complexity index is 1100. The molecule has 162 valence electrons. The summed E-state index contributed by atoms with van der Waals surface area (Å²) in [4.78, 5) is 14.7. The molecule has 0 aromatic heterocycles. The number of ether oxygens (including phenoxy) is 2. The first-order chi connectivity index (χ1) is 14.1. The second-order valence-electron chi connectivity index (χ2n) is 6.98. The number of benzene rings is 2. The Hall–Kier alpha value is -2.36. The molecule has 0 N–H and O–H groups in total. The zero-order chi connectivity index (χ0) is 22.2. The molecule has 0 atom stereocenters. The van der Waals surface area contributed by atoms with E-state index in [2.05, 4.69) is 0 Å². The smallest absolute Gasteiger partial charge is 0.258 e. The van der Waals surface area contributed by atoms with Crippen LogP contribution in [-0.2, 0) is 23.0 Å². The van der Waals surface area contributed by atoms with Crippen molar-refractivity contribution in [1.82, 2.24) is 9.21 Å². The van der Waals surface area contributed by atoms with Gasteiger partial charge < -0.3 is 14.4 Å². The van der Waals surface area contributed by atoms with Crippen LogP contribution >= 0.6 is 11.6 Å². The fraction of sp³-hybridized carbons (Fsp3) is 0.350. The topological polar surface area (TPSA) is 76.1 Å². The van der Waals surface area contributed by atoms with Gasteiger partial charge in [0, 0.05) is 38.8 Å². The van der Waals surface area contributed by atoms with E-state index in [1.54, 1.807) is 6.07 Å². The lowest BCUT2D eigenvalue weighted by molar-refractivity contribution is 0.0777. The molecule has 0 fully saturated rings. The summed E-state index contributed by atoms with van der Waals surface area (Å²) in [5.74, 6) is -0.510. The molecule has 1 aliphatic heterocycles. The lowest BCUT2D eigenvalue weighted by Crippen LogP contribution is -2.26. The number of methoxy groups -OCH3 is 2. The number of hydrogen-bond donors (Lipinski definition) is 0. The van der Waals surface area contributed by atoms with Gasteiger partial charge in [0.2, 0.25) is 10.0 Å². The number of fused-ring (bicyclic) bond motifs is 1. The highest BCUT2D eigenvalue weighted by molar-refractivity contribution is 7.89. The number of hydrogen-bond acceptors (Lipinski definition) is 5. The van der Waals surface area contributed by atoms with Crippen LogP contribution in [0.3, 0.4) is 0 Å².